The molecule has 2 aromatic heterocycles. The lowest BCUT2D eigenvalue weighted by molar-refractivity contribution is 0.416. The average molecular weight is 376 g/mol. The molecule has 0 bridgehead atoms. The number of thiazole rings is 1. The first-order valence-corrected chi connectivity index (χ1v) is 9.49. The second-order valence-corrected chi connectivity index (χ2v) is 7.04. The first kappa shape index (κ1) is 17.3. The van der Waals surface area contributed by atoms with Crippen molar-refractivity contribution in [3.8, 4) is 17.0 Å². The molecule has 4 rings (SSSR count). The van der Waals surface area contributed by atoms with Crippen LogP contribution >= 0.6 is 11.3 Å². The van der Waals surface area contributed by atoms with Crippen molar-refractivity contribution in [3.05, 3.63) is 65.2 Å². The number of hydrazone groups is 1. The largest absolute Gasteiger partial charge is 0.496 e. The lowest BCUT2D eigenvalue weighted by Gasteiger charge is -2.04. The van der Waals surface area contributed by atoms with Gasteiger partial charge in [0.25, 0.3) is 0 Å². The zero-order valence-corrected chi connectivity index (χ0v) is 16.2. The van der Waals surface area contributed by atoms with Crippen LogP contribution in [0.3, 0.4) is 0 Å². The SMILES string of the molecule is COc1ccccc1-c1csc(N/N=C\c2c(C)n(C)c3ccccc23)n1. The highest BCUT2D eigenvalue weighted by Gasteiger charge is 2.10. The van der Waals surface area contributed by atoms with Gasteiger partial charge in [-0.25, -0.2) is 4.98 Å². The number of rotatable bonds is 5. The molecule has 4 aromatic rings. The highest BCUT2D eigenvalue weighted by Crippen LogP contribution is 2.32. The number of nitrogens with one attached hydrogen (secondary N) is 1. The van der Waals surface area contributed by atoms with Gasteiger partial charge in [0.1, 0.15) is 5.75 Å². The second kappa shape index (κ2) is 7.25. The third kappa shape index (κ3) is 3.19. The first-order valence-electron chi connectivity index (χ1n) is 8.61. The monoisotopic (exact) mass is 376 g/mol. The van der Waals surface area contributed by atoms with Crippen molar-refractivity contribution < 1.29 is 4.74 Å². The first-order chi connectivity index (χ1) is 13.2. The van der Waals surface area contributed by atoms with Gasteiger partial charge in [0, 0.05) is 40.2 Å². The Morgan fingerprint density at radius 3 is 2.78 bits per heavy atom. The van der Waals surface area contributed by atoms with Crippen LogP contribution in [0.1, 0.15) is 11.3 Å². The average Bonchev–Trinajstić information content (AvgIpc) is 3.27. The van der Waals surface area contributed by atoms with Crippen LogP contribution < -0.4 is 10.2 Å². The molecule has 0 atom stereocenters. The highest BCUT2D eigenvalue weighted by molar-refractivity contribution is 7.14. The van der Waals surface area contributed by atoms with Gasteiger partial charge >= 0.3 is 0 Å². The molecule has 0 aliphatic carbocycles. The van der Waals surface area contributed by atoms with Crippen molar-refractivity contribution in [1.82, 2.24) is 9.55 Å². The molecule has 5 nitrogen and oxygen atoms in total. The van der Waals surface area contributed by atoms with Crippen LogP contribution in [0.15, 0.2) is 59.0 Å². The fraction of sp³-hybridized carbons (Fsp3) is 0.143. The zero-order chi connectivity index (χ0) is 18.8. The van der Waals surface area contributed by atoms with Gasteiger partial charge in [-0.15, -0.1) is 11.3 Å². The lowest BCUT2D eigenvalue weighted by atomic mass is 10.1. The molecule has 2 heterocycles. The predicted octanol–water partition coefficient (Wildman–Crippen LogP) is 5.06. The number of ether oxygens (including phenoxy) is 1. The summed E-state index contributed by atoms with van der Waals surface area (Å²) < 4.78 is 7.60. The number of hydrogen-bond donors (Lipinski definition) is 1. The van der Waals surface area contributed by atoms with Gasteiger partial charge in [0.15, 0.2) is 0 Å². The molecule has 136 valence electrons. The van der Waals surface area contributed by atoms with E-state index in [2.05, 4.69) is 52.2 Å². The van der Waals surface area contributed by atoms with Gasteiger partial charge in [0.05, 0.1) is 19.0 Å². The number of benzene rings is 2. The minimum absolute atomic E-state index is 0.741. The molecule has 0 saturated carbocycles. The molecule has 0 aliphatic heterocycles. The van der Waals surface area contributed by atoms with Gasteiger partial charge in [-0.2, -0.15) is 5.10 Å². The third-order valence-electron chi connectivity index (χ3n) is 4.69. The smallest absolute Gasteiger partial charge is 0.203 e. The van der Waals surface area contributed by atoms with E-state index in [9.17, 15) is 0 Å². The number of aryl methyl sites for hydroxylation is 1. The topological polar surface area (TPSA) is 51.4 Å². The molecule has 0 radical (unpaired) electrons. The number of anilines is 1. The van der Waals surface area contributed by atoms with Crippen LogP contribution in [-0.4, -0.2) is 22.9 Å². The van der Waals surface area contributed by atoms with E-state index in [0.29, 0.717) is 0 Å². The van der Waals surface area contributed by atoms with E-state index >= 15 is 0 Å². The molecule has 0 aliphatic rings. The summed E-state index contributed by atoms with van der Waals surface area (Å²) in [7, 11) is 3.74. The summed E-state index contributed by atoms with van der Waals surface area (Å²) in [5.41, 5.74) is 8.38. The number of methoxy groups -OCH3 is 1. The van der Waals surface area contributed by atoms with E-state index in [1.807, 2.05) is 41.9 Å². The van der Waals surface area contributed by atoms with Crippen molar-refractivity contribution in [3.63, 3.8) is 0 Å². The van der Waals surface area contributed by atoms with Gasteiger partial charge < -0.3 is 9.30 Å². The fourth-order valence-corrected chi connectivity index (χ4v) is 3.83. The maximum absolute atomic E-state index is 5.42. The van der Waals surface area contributed by atoms with Crippen molar-refractivity contribution >= 4 is 33.6 Å². The van der Waals surface area contributed by atoms with E-state index in [-0.39, 0.29) is 0 Å². The molecule has 0 spiro atoms. The third-order valence-corrected chi connectivity index (χ3v) is 5.44. The summed E-state index contributed by atoms with van der Waals surface area (Å²) in [5.74, 6) is 0.809. The van der Waals surface area contributed by atoms with Crippen molar-refractivity contribution in [2.45, 2.75) is 6.92 Å². The number of aromatic nitrogens is 2. The number of nitrogens with zero attached hydrogens (tertiary/aromatic N) is 3. The Morgan fingerprint density at radius 1 is 1.15 bits per heavy atom. The lowest BCUT2D eigenvalue weighted by Crippen LogP contribution is -1.94. The number of hydrogen-bond acceptors (Lipinski definition) is 5. The minimum Gasteiger partial charge on any atom is -0.496 e. The molecule has 1 N–H and O–H groups in total. The van der Waals surface area contributed by atoms with Gasteiger partial charge in [0.2, 0.25) is 5.13 Å². The molecule has 6 heteroatoms. The van der Waals surface area contributed by atoms with Crippen LogP contribution in [0.25, 0.3) is 22.2 Å². The fourth-order valence-electron chi connectivity index (χ4n) is 3.17. The molecule has 27 heavy (non-hydrogen) atoms. The highest BCUT2D eigenvalue weighted by atomic mass is 32.1. The van der Waals surface area contributed by atoms with Gasteiger partial charge in [-0.1, -0.05) is 30.3 Å². The van der Waals surface area contributed by atoms with E-state index < -0.39 is 0 Å². The predicted molar refractivity (Wildman–Crippen MR) is 113 cm³/mol. The normalized spacial score (nSPS) is 11.4. The molecule has 0 saturated heterocycles. The number of fused-ring (bicyclic) bond motifs is 1. The Kier molecular flexibility index (Phi) is 4.64. The Hall–Kier alpha value is -3.12. The Bertz CT molecular complexity index is 1130. The Morgan fingerprint density at radius 2 is 1.93 bits per heavy atom. The quantitative estimate of drug-likeness (QED) is 0.391. The summed E-state index contributed by atoms with van der Waals surface area (Å²) in [6, 6.07) is 16.2. The maximum Gasteiger partial charge on any atom is 0.203 e. The van der Waals surface area contributed by atoms with Crippen molar-refractivity contribution in [2.75, 3.05) is 12.5 Å². The van der Waals surface area contributed by atoms with Crippen LogP contribution in [0.5, 0.6) is 5.75 Å². The van der Waals surface area contributed by atoms with Crippen molar-refractivity contribution in [1.29, 1.82) is 0 Å². The number of para-hydroxylation sites is 2. The Labute approximate surface area is 161 Å². The van der Waals surface area contributed by atoms with E-state index in [4.69, 9.17) is 4.74 Å². The standard InChI is InChI=1S/C21H20N4OS/c1-14-17(15-8-4-6-10-19(15)25(14)2)12-22-24-21-23-18(13-27-21)16-9-5-7-11-20(16)26-3/h4-13H,1-3H3,(H,23,24)/b22-12-. The summed E-state index contributed by atoms with van der Waals surface area (Å²) in [4.78, 5) is 4.62. The van der Waals surface area contributed by atoms with Gasteiger partial charge in [-0.05, 0) is 25.1 Å². The van der Waals surface area contributed by atoms with Crippen LogP contribution in [-0.2, 0) is 7.05 Å². The summed E-state index contributed by atoms with van der Waals surface area (Å²) in [6.07, 6.45) is 1.86. The summed E-state index contributed by atoms with van der Waals surface area (Å²) >= 11 is 1.52. The summed E-state index contributed by atoms with van der Waals surface area (Å²) in [5, 5.41) is 8.35. The molecule has 0 amide bonds. The van der Waals surface area contributed by atoms with Crippen LogP contribution in [0.2, 0.25) is 0 Å². The van der Waals surface area contributed by atoms with Crippen LogP contribution in [0.4, 0.5) is 5.13 Å². The Balaban J connectivity index is 1.57. The molecular formula is C21H20N4OS. The van der Waals surface area contributed by atoms with E-state index in [1.165, 1.54) is 27.9 Å². The van der Waals surface area contributed by atoms with E-state index in [0.717, 1.165) is 27.7 Å². The van der Waals surface area contributed by atoms with E-state index in [1.54, 1.807) is 7.11 Å². The van der Waals surface area contributed by atoms with Crippen molar-refractivity contribution in [2.24, 2.45) is 12.1 Å². The molecule has 0 fully saturated rings. The minimum atomic E-state index is 0.741. The summed E-state index contributed by atoms with van der Waals surface area (Å²) in [6.45, 7) is 2.10. The second-order valence-electron chi connectivity index (χ2n) is 6.18. The molecule has 0 unspecified atom stereocenters. The molecular weight excluding hydrogens is 356 g/mol. The molecule has 2 aromatic carbocycles. The van der Waals surface area contributed by atoms with Gasteiger partial charge in [-0.3, -0.25) is 5.43 Å². The van der Waals surface area contributed by atoms with Crippen LogP contribution in [0, 0.1) is 6.92 Å². The maximum atomic E-state index is 5.42. The zero-order valence-electron chi connectivity index (χ0n) is 15.4.